The van der Waals surface area contributed by atoms with Crippen LogP contribution in [0.4, 0.5) is 0 Å². The molecular weight excluding hydrogens is 156 g/mol. The summed E-state index contributed by atoms with van der Waals surface area (Å²) in [6, 6.07) is -0.289. The monoisotopic (exact) mass is 172 g/mol. The SMILES string of the molecule is CC[C@@H](C(N)=O)N1CCCC1O. The molecule has 1 aliphatic heterocycles. The third-order valence-electron chi connectivity index (χ3n) is 2.38. The van der Waals surface area contributed by atoms with Gasteiger partial charge in [-0.25, -0.2) is 0 Å². The summed E-state index contributed by atoms with van der Waals surface area (Å²) < 4.78 is 0. The van der Waals surface area contributed by atoms with Crippen LogP contribution in [0.1, 0.15) is 26.2 Å². The van der Waals surface area contributed by atoms with Crippen LogP contribution in [0, 0.1) is 0 Å². The molecule has 1 aliphatic rings. The van der Waals surface area contributed by atoms with Gasteiger partial charge in [-0.05, 0) is 19.3 Å². The van der Waals surface area contributed by atoms with Crippen LogP contribution in [-0.2, 0) is 4.79 Å². The average molecular weight is 172 g/mol. The van der Waals surface area contributed by atoms with Gasteiger partial charge in [0.05, 0.1) is 6.04 Å². The molecule has 0 aromatic heterocycles. The zero-order valence-electron chi connectivity index (χ0n) is 7.36. The summed E-state index contributed by atoms with van der Waals surface area (Å²) in [5, 5.41) is 9.46. The van der Waals surface area contributed by atoms with E-state index in [0.29, 0.717) is 6.42 Å². The highest BCUT2D eigenvalue weighted by molar-refractivity contribution is 5.79. The van der Waals surface area contributed by atoms with Gasteiger partial charge in [-0.3, -0.25) is 9.69 Å². The Morgan fingerprint density at radius 1 is 1.83 bits per heavy atom. The number of hydrogen-bond donors (Lipinski definition) is 2. The number of likely N-dealkylation sites (tertiary alicyclic amines) is 1. The summed E-state index contributed by atoms with van der Waals surface area (Å²) in [6.07, 6.45) is 1.91. The topological polar surface area (TPSA) is 66.6 Å². The molecule has 1 rings (SSSR count). The minimum absolute atomic E-state index is 0.289. The molecule has 0 bridgehead atoms. The van der Waals surface area contributed by atoms with Crippen molar-refractivity contribution < 1.29 is 9.90 Å². The molecule has 0 radical (unpaired) electrons. The first-order valence-corrected chi connectivity index (χ1v) is 4.40. The summed E-state index contributed by atoms with van der Waals surface area (Å²) >= 11 is 0. The van der Waals surface area contributed by atoms with Crippen LogP contribution in [-0.4, -0.2) is 34.7 Å². The van der Waals surface area contributed by atoms with Gasteiger partial charge in [0.25, 0.3) is 0 Å². The molecule has 0 aromatic carbocycles. The van der Waals surface area contributed by atoms with Gasteiger partial charge in [-0.1, -0.05) is 6.92 Å². The van der Waals surface area contributed by atoms with Crippen molar-refractivity contribution >= 4 is 5.91 Å². The minimum Gasteiger partial charge on any atom is -0.378 e. The van der Waals surface area contributed by atoms with Crippen molar-refractivity contribution in [3.05, 3.63) is 0 Å². The number of amides is 1. The second kappa shape index (κ2) is 3.87. The van der Waals surface area contributed by atoms with E-state index in [1.54, 1.807) is 4.90 Å². The third-order valence-corrected chi connectivity index (χ3v) is 2.38. The summed E-state index contributed by atoms with van der Waals surface area (Å²) in [7, 11) is 0. The van der Waals surface area contributed by atoms with Crippen LogP contribution in [0.5, 0.6) is 0 Å². The van der Waals surface area contributed by atoms with Crippen molar-refractivity contribution in [2.45, 2.75) is 38.5 Å². The predicted octanol–water partition coefficient (Wildman–Crippen LogP) is -0.336. The fourth-order valence-corrected chi connectivity index (χ4v) is 1.73. The summed E-state index contributed by atoms with van der Waals surface area (Å²) in [4.78, 5) is 12.7. The Labute approximate surface area is 72.3 Å². The molecule has 3 N–H and O–H groups in total. The molecule has 1 unspecified atom stereocenters. The van der Waals surface area contributed by atoms with Gasteiger partial charge in [-0.15, -0.1) is 0 Å². The molecule has 12 heavy (non-hydrogen) atoms. The van der Waals surface area contributed by atoms with Gasteiger partial charge in [0.1, 0.15) is 6.23 Å². The maximum Gasteiger partial charge on any atom is 0.234 e. The van der Waals surface area contributed by atoms with Crippen molar-refractivity contribution in [1.29, 1.82) is 0 Å². The van der Waals surface area contributed by atoms with Gasteiger partial charge in [0.2, 0.25) is 5.91 Å². The zero-order valence-corrected chi connectivity index (χ0v) is 7.36. The summed E-state index contributed by atoms with van der Waals surface area (Å²) in [5.41, 5.74) is 5.20. The molecule has 0 aromatic rings. The quantitative estimate of drug-likeness (QED) is 0.612. The van der Waals surface area contributed by atoms with E-state index in [9.17, 15) is 9.90 Å². The lowest BCUT2D eigenvalue weighted by molar-refractivity contribution is -0.126. The first-order chi connectivity index (χ1) is 5.66. The first kappa shape index (κ1) is 9.48. The summed E-state index contributed by atoms with van der Waals surface area (Å²) in [5.74, 6) is -0.335. The van der Waals surface area contributed by atoms with E-state index in [1.165, 1.54) is 0 Å². The average Bonchev–Trinajstić information content (AvgIpc) is 2.38. The standard InChI is InChI=1S/C8H16N2O2/c1-2-6(8(9)12)10-5-3-4-7(10)11/h6-7,11H,2-5H2,1H3,(H2,9,12)/t6-,7?/m0/s1. The molecule has 1 amide bonds. The number of hydrogen-bond acceptors (Lipinski definition) is 3. The fraction of sp³-hybridized carbons (Fsp3) is 0.875. The van der Waals surface area contributed by atoms with Crippen molar-refractivity contribution in [1.82, 2.24) is 4.90 Å². The van der Waals surface area contributed by atoms with Crippen molar-refractivity contribution in [3.63, 3.8) is 0 Å². The number of rotatable bonds is 3. The maximum atomic E-state index is 10.9. The van der Waals surface area contributed by atoms with Gasteiger partial charge in [-0.2, -0.15) is 0 Å². The number of carbonyl (C=O) groups excluding carboxylic acids is 1. The Bertz CT molecular complexity index is 172. The van der Waals surface area contributed by atoms with E-state index < -0.39 is 6.23 Å². The maximum absolute atomic E-state index is 10.9. The Morgan fingerprint density at radius 2 is 2.50 bits per heavy atom. The van der Waals surface area contributed by atoms with Crippen LogP contribution < -0.4 is 5.73 Å². The molecule has 0 saturated carbocycles. The molecule has 1 fully saturated rings. The molecule has 1 heterocycles. The largest absolute Gasteiger partial charge is 0.378 e. The number of nitrogens with zero attached hydrogens (tertiary/aromatic N) is 1. The fourth-order valence-electron chi connectivity index (χ4n) is 1.73. The Morgan fingerprint density at radius 3 is 2.83 bits per heavy atom. The highest BCUT2D eigenvalue weighted by atomic mass is 16.3. The Kier molecular flexibility index (Phi) is 3.05. The Hall–Kier alpha value is -0.610. The number of aliphatic hydroxyl groups is 1. The first-order valence-electron chi connectivity index (χ1n) is 4.40. The third kappa shape index (κ3) is 1.76. The van der Waals surface area contributed by atoms with Crippen molar-refractivity contribution in [2.75, 3.05) is 6.54 Å². The van der Waals surface area contributed by atoms with Gasteiger partial charge < -0.3 is 10.8 Å². The highest BCUT2D eigenvalue weighted by Gasteiger charge is 2.30. The molecule has 4 heteroatoms. The van der Waals surface area contributed by atoms with Gasteiger partial charge in [0, 0.05) is 6.54 Å². The van der Waals surface area contributed by atoms with E-state index in [-0.39, 0.29) is 11.9 Å². The van der Waals surface area contributed by atoms with Crippen LogP contribution in [0.3, 0.4) is 0 Å². The Balaban J connectivity index is 2.58. The van der Waals surface area contributed by atoms with Crippen LogP contribution in [0.25, 0.3) is 0 Å². The van der Waals surface area contributed by atoms with Gasteiger partial charge >= 0.3 is 0 Å². The van der Waals surface area contributed by atoms with Crippen molar-refractivity contribution in [3.8, 4) is 0 Å². The van der Waals surface area contributed by atoms with Crippen molar-refractivity contribution in [2.24, 2.45) is 5.73 Å². The highest BCUT2D eigenvalue weighted by Crippen LogP contribution is 2.19. The normalized spacial score (nSPS) is 27.3. The second-order valence-corrected chi connectivity index (χ2v) is 3.19. The number of aliphatic hydroxyl groups excluding tert-OH is 1. The molecular formula is C8H16N2O2. The summed E-state index contributed by atoms with van der Waals surface area (Å²) in [6.45, 7) is 2.68. The lowest BCUT2D eigenvalue weighted by Gasteiger charge is -2.26. The minimum atomic E-state index is -0.470. The number of carbonyl (C=O) groups is 1. The van der Waals surface area contributed by atoms with E-state index in [2.05, 4.69) is 0 Å². The molecule has 4 nitrogen and oxygen atoms in total. The van der Waals surface area contributed by atoms with E-state index in [4.69, 9.17) is 5.73 Å². The lowest BCUT2D eigenvalue weighted by atomic mass is 10.2. The molecule has 0 aliphatic carbocycles. The number of nitrogens with two attached hydrogens (primary N) is 1. The molecule has 1 saturated heterocycles. The molecule has 2 atom stereocenters. The van der Waals surface area contributed by atoms with E-state index in [1.807, 2.05) is 6.92 Å². The van der Waals surface area contributed by atoms with Crippen LogP contribution in [0.15, 0.2) is 0 Å². The van der Waals surface area contributed by atoms with E-state index in [0.717, 1.165) is 19.4 Å². The second-order valence-electron chi connectivity index (χ2n) is 3.19. The van der Waals surface area contributed by atoms with Crippen LogP contribution >= 0.6 is 0 Å². The zero-order chi connectivity index (χ0) is 9.14. The van der Waals surface area contributed by atoms with Crippen LogP contribution in [0.2, 0.25) is 0 Å². The van der Waals surface area contributed by atoms with Gasteiger partial charge in [0.15, 0.2) is 0 Å². The number of primary amides is 1. The smallest absolute Gasteiger partial charge is 0.234 e. The lowest BCUT2D eigenvalue weighted by Crippen LogP contribution is -2.46. The molecule has 0 spiro atoms. The predicted molar refractivity (Wildman–Crippen MR) is 45.2 cm³/mol. The molecule has 70 valence electrons. The van der Waals surface area contributed by atoms with E-state index >= 15 is 0 Å².